The molecule has 1 heterocycles. The molecule has 0 saturated carbocycles. The number of aryl methyl sites for hydroxylation is 1. The Hall–Kier alpha value is -2.16. The fraction of sp³-hybridized carbons (Fsp3) is 0.600. The quantitative estimate of drug-likeness (QED) is 0.591. The van der Waals surface area contributed by atoms with Gasteiger partial charge in [0.25, 0.3) is 0 Å². The molecule has 0 aliphatic heterocycles. The van der Waals surface area contributed by atoms with Crippen molar-refractivity contribution in [2.75, 3.05) is 13.7 Å². The Labute approximate surface area is 110 Å². The van der Waals surface area contributed by atoms with Crippen LogP contribution in [0.2, 0.25) is 0 Å². The largest absolute Gasteiger partial charge is 0.481 e. The first kappa shape index (κ1) is 14.9. The summed E-state index contributed by atoms with van der Waals surface area (Å²) < 4.78 is 6.61. The zero-order valence-electron chi connectivity index (χ0n) is 10.8. The molecule has 1 aromatic heterocycles. The molecule has 0 saturated heterocycles. The summed E-state index contributed by atoms with van der Waals surface area (Å²) in [5, 5.41) is 21.2. The lowest BCUT2D eigenvalue weighted by atomic mass is 10.2. The molecule has 1 unspecified atom stereocenters. The lowest BCUT2D eigenvalue weighted by Crippen LogP contribution is -2.40. The van der Waals surface area contributed by atoms with Gasteiger partial charge in [0, 0.05) is 20.7 Å². The maximum Gasteiger partial charge on any atom is 0.315 e. The average Bonchev–Trinajstić information content (AvgIpc) is 2.77. The van der Waals surface area contributed by atoms with Gasteiger partial charge >= 0.3 is 12.0 Å². The third kappa shape index (κ3) is 5.34. The van der Waals surface area contributed by atoms with Crippen molar-refractivity contribution in [1.29, 1.82) is 0 Å². The van der Waals surface area contributed by atoms with Crippen molar-refractivity contribution < 1.29 is 19.4 Å². The van der Waals surface area contributed by atoms with Crippen LogP contribution in [0, 0.1) is 0 Å². The second-order valence-electron chi connectivity index (χ2n) is 3.88. The molecule has 0 radical (unpaired) electrons. The summed E-state index contributed by atoms with van der Waals surface area (Å²) in [5.74, 6) is -0.364. The van der Waals surface area contributed by atoms with Crippen LogP contribution in [0.4, 0.5) is 4.79 Å². The molecule has 1 aromatic rings. The second kappa shape index (κ2) is 7.31. The minimum absolute atomic E-state index is 0.119. The van der Waals surface area contributed by atoms with E-state index in [0.29, 0.717) is 5.82 Å². The van der Waals surface area contributed by atoms with Crippen molar-refractivity contribution in [3.05, 3.63) is 12.2 Å². The molecule has 3 N–H and O–H groups in total. The Morgan fingerprint density at radius 3 is 2.79 bits per heavy atom. The molecule has 0 fully saturated rings. The molecule has 0 aromatic carbocycles. The Bertz CT molecular complexity index is 433. The number of carboxylic acids is 1. The highest BCUT2D eigenvalue weighted by Gasteiger charge is 2.13. The number of nitrogens with zero attached hydrogens (tertiary/aromatic N) is 3. The molecule has 9 heteroatoms. The number of aliphatic carboxylic acids is 1. The molecule has 0 spiro atoms. The van der Waals surface area contributed by atoms with E-state index in [1.165, 1.54) is 13.4 Å². The van der Waals surface area contributed by atoms with Crippen molar-refractivity contribution in [2.45, 2.75) is 19.1 Å². The number of aromatic nitrogens is 3. The Kier molecular flexibility index (Phi) is 5.73. The van der Waals surface area contributed by atoms with Crippen LogP contribution in [0.25, 0.3) is 0 Å². The van der Waals surface area contributed by atoms with Gasteiger partial charge in [-0.1, -0.05) is 0 Å². The highest BCUT2D eigenvalue weighted by atomic mass is 16.5. The number of methoxy groups -OCH3 is 1. The van der Waals surface area contributed by atoms with Crippen LogP contribution in [0.3, 0.4) is 0 Å². The lowest BCUT2D eigenvalue weighted by Gasteiger charge is -2.14. The Morgan fingerprint density at radius 2 is 2.26 bits per heavy atom. The monoisotopic (exact) mass is 271 g/mol. The van der Waals surface area contributed by atoms with E-state index in [-0.39, 0.29) is 19.5 Å². The number of carbonyl (C=O) groups is 2. The summed E-state index contributed by atoms with van der Waals surface area (Å²) >= 11 is 0. The number of hydrogen-bond acceptors (Lipinski definition) is 5. The van der Waals surface area contributed by atoms with Crippen LogP contribution in [-0.2, 0) is 23.1 Å². The van der Waals surface area contributed by atoms with E-state index in [1.54, 1.807) is 11.6 Å². The average molecular weight is 271 g/mol. The summed E-state index contributed by atoms with van der Waals surface area (Å²) in [6, 6.07) is -0.421. The number of hydrogen-bond donors (Lipinski definition) is 3. The van der Waals surface area contributed by atoms with Crippen molar-refractivity contribution >= 4 is 12.0 Å². The number of amides is 2. The normalized spacial score (nSPS) is 11.9. The third-order valence-corrected chi connectivity index (χ3v) is 2.44. The van der Waals surface area contributed by atoms with Crippen LogP contribution >= 0.6 is 0 Å². The van der Waals surface area contributed by atoms with Crippen LogP contribution in [0.1, 0.15) is 12.2 Å². The lowest BCUT2D eigenvalue weighted by molar-refractivity contribution is -0.139. The van der Waals surface area contributed by atoms with Gasteiger partial charge in [-0.3, -0.25) is 4.79 Å². The van der Waals surface area contributed by atoms with Crippen molar-refractivity contribution in [3.63, 3.8) is 0 Å². The fourth-order valence-corrected chi connectivity index (χ4v) is 1.33. The van der Waals surface area contributed by atoms with Crippen LogP contribution in [0.5, 0.6) is 0 Å². The van der Waals surface area contributed by atoms with Gasteiger partial charge in [-0.05, 0) is 0 Å². The highest BCUT2D eigenvalue weighted by molar-refractivity contribution is 5.74. The van der Waals surface area contributed by atoms with Gasteiger partial charge in [-0.2, -0.15) is 0 Å². The van der Waals surface area contributed by atoms with Gasteiger partial charge in [-0.15, -0.1) is 10.2 Å². The minimum atomic E-state index is -0.979. The van der Waals surface area contributed by atoms with Crippen LogP contribution < -0.4 is 10.6 Å². The molecular formula is C10H17N5O4. The first-order chi connectivity index (χ1) is 9.02. The number of carboxylic acid groups (broad SMARTS) is 1. The van der Waals surface area contributed by atoms with Gasteiger partial charge in [0.2, 0.25) is 0 Å². The van der Waals surface area contributed by atoms with Gasteiger partial charge in [-0.25, -0.2) is 4.79 Å². The number of carbonyl (C=O) groups excluding carboxylic acids is 1. The molecule has 1 rings (SSSR count). The molecule has 0 aliphatic rings. The van der Waals surface area contributed by atoms with E-state index < -0.39 is 18.1 Å². The Morgan fingerprint density at radius 1 is 1.53 bits per heavy atom. The second-order valence-corrected chi connectivity index (χ2v) is 3.88. The highest BCUT2D eigenvalue weighted by Crippen LogP contribution is 1.95. The predicted octanol–water partition coefficient (Wildman–Crippen LogP) is -0.896. The fourth-order valence-electron chi connectivity index (χ4n) is 1.33. The van der Waals surface area contributed by atoms with E-state index >= 15 is 0 Å². The summed E-state index contributed by atoms with van der Waals surface area (Å²) in [4.78, 5) is 22.0. The smallest absolute Gasteiger partial charge is 0.315 e. The van der Waals surface area contributed by atoms with Crippen molar-refractivity contribution in [3.8, 4) is 0 Å². The van der Waals surface area contributed by atoms with Gasteiger partial charge < -0.3 is 25.0 Å². The standard InChI is InChI=1S/C10H17N5O4/c1-15-6-13-14-8(15)5-12-10(18)11-4-7(19-2)3-9(16)17/h6-7H,3-5H2,1-2H3,(H,16,17)(H2,11,12,18). The molecule has 0 bridgehead atoms. The molecule has 106 valence electrons. The first-order valence-electron chi connectivity index (χ1n) is 5.62. The van der Waals surface area contributed by atoms with E-state index in [2.05, 4.69) is 20.8 Å². The topological polar surface area (TPSA) is 118 Å². The summed E-state index contributed by atoms with van der Waals surface area (Å²) in [6.45, 7) is 0.354. The van der Waals surface area contributed by atoms with Gasteiger partial charge in [0.15, 0.2) is 5.82 Å². The van der Waals surface area contributed by atoms with Crippen LogP contribution in [0.15, 0.2) is 6.33 Å². The van der Waals surface area contributed by atoms with Crippen molar-refractivity contribution in [1.82, 2.24) is 25.4 Å². The minimum Gasteiger partial charge on any atom is -0.481 e. The summed E-state index contributed by atoms with van der Waals surface area (Å²) in [5.41, 5.74) is 0. The predicted molar refractivity (Wildman–Crippen MR) is 64.3 cm³/mol. The molecule has 9 nitrogen and oxygen atoms in total. The van der Waals surface area contributed by atoms with E-state index in [9.17, 15) is 9.59 Å². The van der Waals surface area contributed by atoms with Gasteiger partial charge in [0.1, 0.15) is 6.33 Å². The number of rotatable bonds is 7. The molecule has 2 amide bonds. The summed E-state index contributed by atoms with van der Waals surface area (Å²) in [7, 11) is 3.16. The third-order valence-electron chi connectivity index (χ3n) is 2.44. The maximum absolute atomic E-state index is 11.5. The van der Waals surface area contributed by atoms with Crippen molar-refractivity contribution in [2.24, 2.45) is 7.05 Å². The number of ether oxygens (including phenoxy) is 1. The van der Waals surface area contributed by atoms with E-state index in [1.807, 2.05) is 0 Å². The Balaban J connectivity index is 2.27. The first-order valence-corrected chi connectivity index (χ1v) is 5.62. The summed E-state index contributed by atoms with van der Waals surface area (Å²) in [6.07, 6.45) is 0.807. The van der Waals surface area contributed by atoms with Crippen LogP contribution in [-0.4, -0.2) is 51.6 Å². The molecule has 0 aliphatic carbocycles. The molecule has 1 atom stereocenters. The van der Waals surface area contributed by atoms with E-state index in [0.717, 1.165) is 0 Å². The zero-order valence-corrected chi connectivity index (χ0v) is 10.8. The molecular weight excluding hydrogens is 254 g/mol. The number of nitrogens with one attached hydrogen (secondary N) is 2. The number of urea groups is 1. The molecule has 19 heavy (non-hydrogen) atoms. The SMILES string of the molecule is COC(CNC(=O)NCc1nncn1C)CC(=O)O. The maximum atomic E-state index is 11.5. The van der Waals surface area contributed by atoms with Gasteiger partial charge in [0.05, 0.1) is 19.1 Å². The van der Waals surface area contributed by atoms with E-state index in [4.69, 9.17) is 9.84 Å². The zero-order chi connectivity index (χ0) is 14.3.